The van der Waals surface area contributed by atoms with E-state index in [0.29, 0.717) is 6.04 Å². The van der Waals surface area contributed by atoms with Gasteiger partial charge in [-0.05, 0) is 51.8 Å². The predicted octanol–water partition coefficient (Wildman–Crippen LogP) is 3.05. The molecule has 1 heterocycles. The number of benzene rings is 1. The van der Waals surface area contributed by atoms with Crippen LogP contribution in [-0.2, 0) is 4.79 Å². The molecule has 2 rings (SSSR count). The number of rotatable bonds is 2. The fourth-order valence-electron chi connectivity index (χ4n) is 2.56. The maximum absolute atomic E-state index is 12.2. The first-order valence-electron chi connectivity index (χ1n) is 6.68. The highest BCUT2D eigenvalue weighted by atomic mass is 35.5. The Morgan fingerprint density at radius 2 is 2.11 bits per heavy atom. The van der Waals surface area contributed by atoms with Crippen molar-refractivity contribution >= 4 is 24.0 Å². The van der Waals surface area contributed by atoms with Gasteiger partial charge in [0.05, 0.1) is 0 Å². The fraction of sp³-hybridized carbons (Fsp3) is 0.533. The summed E-state index contributed by atoms with van der Waals surface area (Å²) in [5.74, 6) is 0.303. The maximum atomic E-state index is 12.2. The number of anilines is 1. The van der Waals surface area contributed by atoms with Crippen molar-refractivity contribution in [1.82, 2.24) is 5.32 Å². The molecule has 0 unspecified atom stereocenters. The van der Waals surface area contributed by atoms with Gasteiger partial charge in [0.2, 0.25) is 5.91 Å². The van der Waals surface area contributed by atoms with E-state index in [2.05, 4.69) is 30.5 Å². The van der Waals surface area contributed by atoms with Crippen molar-refractivity contribution in [2.75, 3.05) is 11.9 Å². The van der Waals surface area contributed by atoms with Gasteiger partial charge in [0.15, 0.2) is 0 Å². The molecule has 1 aromatic rings. The molecule has 19 heavy (non-hydrogen) atoms. The zero-order chi connectivity index (χ0) is 13.1. The Labute approximate surface area is 121 Å². The SMILES string of the molecule is Cc1ccc(NC(=O)[C@H]2CCN[C@@H](C)C2)c(C)c1.Cl. The van der Waals surface area contributed by atoms with E-state index in [1.807, 2.05) is 19.1 Å². The molecule has 2 N–H and O–H groups in total. The highest BCUT2D eigenvalue weighted by molar-refractivity contribution is 5.93. The first-order valence-corrected chi connectivity index (χ1v) is 6.68. The van der Waals surface area contributed by atoms with E-state index in [0.717, 1.165) is 30.6 Å². The molecule has 106 valence electrons. The Morgan fingerprint density at radius 1 is 1.37 bits per heavy atom. The van der Waals surface area contributed by atoms with Crippen LogP contribution in [0.5, 0.6) is 0 Å². The summed E-state index contributed by atoms with van der Waals surface area (Å²) in [4.78, 5) is 12.2. The fourth-order valence-corrected chi connectivity index (χ4v) is 2.56. The first-order chi connectivity index (χ1) is 8.56. The van der Waals surface area contributed by atoms with Crippen LogP contribution in [0.25, 0.3) is 0 Å². The topological polar surface area (TPSA) is 41.1 Å². The molecule has 2 atom stereocenters. The summed E-state index contributed by atoms with van der Waals surface area (Å²) in [6.07, 6.45) is 1.86. The van der Waals surface area contributed by atoms with Crippen LogP contribution in [0.3, 0.4) is 0 Å². The third kappa shape index (κ3) is 4.22. The normalized spacial score (nSPS) is 22.5. The lowest BCUT2D eigenvalue weighted by Crippen LogP contribution is -2.40. The van der Waals surface area contributed by atoms with Crippen molar-refractivity contribution in [3.05, 3.63) is 29.3 Å². The number of amides is 1. The monoisotopic (exact) mass is 282 g/mol. The van der Waals surface area contributed by atoms with E-state index in [1.165, 1.54) is 5.56 Å². The number of carbonyl (C=O) groups excluding carboxylic acids is 1. The maximum Gasteiger partial charge on any atom is 0.227 e. The number of hydrogen-bond acceptors (Lipinski definition) is 2. The lowest BCUT2D eigenvalue weighted by atomic mass is 9.92. The molecule has 0 spiro atoms. The van der Waals surface area contributed by atoms with Crippen LogP contribution >= 0.6 is 12.4 Å². The molecule has 0 saturated carbocycles. The molecule has 1 aliphatic heterocycles. The van der Waals surface area contributed by atoms with E-state index in [-0.39, 0.29) is 24.2 Å². The molecule has 1 fully saturated rings. The molecule has 4 heteroatoms. The second-order valence-corrected chi connectivity index (χ2v) is 5.38. The average Bonchev–Trinajstić information content (AvgIpc) is 2.32. The lowest BCUT2D eigenvalue weighted by Gasteiger charge is -2.27. The van der Waals surface area contributed by atoms with Crippen molar-refractivity contribution in [2.45, 2.75) is 39.7 Å². The minimum atomic E-state index is 0. The van der Waals surface area contributed by atoms with Crippen molar-refractivity contribution < 1.29 is 4.79 Å². The van der Waals surface area contributed by atoms with Gasteiger partial charge in [-0.1, -0.05) is 17.7 Å². The van der Waals surface area contributed by atoms with Gasteiger partial charge in [-0.2, -0.15) is 0 Å². The van der Waals surface area contributed by atoms with Gasteiger partial charge >= 0.3 is 0 Å². The minimum Gasteiger partial charge on any atom is -0.326 e. The Balaban J connectivity index is 0.00000180. The third-order valence-electron chi connectivity index (χ3n) is 3.63. The minimum absolute atomic E-state index is 0. The summed E-state index contributed by atoms with van der Waals surface area (Å²) in [6, 6.07) is 6.56. The largest absolute Gasteiger partial charge is 0.326 e. The molecule has 0 bridgehead atoms. The molecule has 1 saturated heterocycles. The van der Waals surface area contributed by atoms with Crippen molar-refractivity contribution in [2.24, 2.45) is 5.92 Å². The van der Waals surface area contributed by atoms with Gasteiger partial charge in [0.25, 0.3) is 0 Å². The smallest absolute Gasteiger partial charge is 0.227 e. The summed E-state index contributed by atoms with van der Waals surface area (Å²) >= 11 is 0. The van der Waals surface area contributed by atoms with Gasteiger partial charge in [0, 0.05) is 17.6 Å². The number of halogens is 1. The molecular weight excluding hydrogens is 260 g/mol. The van der Waals surface area contributed by atoms with E-state index >= 15 is 0 Å². The number of piperidine rings is 1. The number of nitrogens with one attached hydrogen (secondary N) is 2. The van der Waals surface area contributed by atoms with Crippen LogP contribution in [0.4, 0.5) is 5.69 Å². The number of carbonyl (C=O) groups is 1. The Kier molecular flexibility index (Phi) is 5.83. The van der Waals surface area contributed by atoms with Crippen LogP contribution in [0, 0.1) is 19.8 Å². The second-order valence-electron chi connectivity index (χ2n) is 5.38. The van der Waals surface area contributed by atoms with E-state index in [4.69, 9.17) is 0 Å². The number of hydrogen-bond donors (Lipinski definition) is 2. The van der Waals surface area contributed by atoms with Crippen molar-refractivity contribution in [1.29, 1.82) is 0 Å². The molecule has 0 radical (unpaired) electrons. The molecule has 1 amide bonds. The molecule has 3 nitrogen and oxygen atoms in total. The lowest BCUT2D eigenvalue weighted by molar-refractivity contribution is -0.120. The summed E-state index contributed by atoms with van der Waals surface area (Å²) in [5, 5.41) is 6.43. The van der Waals surface area contributed by atoms with Crippen LogP contribution in [0.15, 0.2) is 18.2 Å². The Hall–Kier alpha value is -1.06. The zero-order valence-corrected chi connectivity index (χ0v) is 12.6. The van der Waals surface area contributed by atoms with Gasteiger partial charge in [0.1, 0.15) is 0 Å². The zero-order valence-electron chi connectivity index (χ0n) is 11.8. The summed E-state index contributed by atoms with van der Waals surface area (Å²) in [7, 11) is 0. The second kappa shape index (κ2) is 6.92. The molecule has 0 aromatic heterocycles. The van der Waals surface area contributed by atoms with Crippen LogP contribution in [0.2, 0.25) is 0 Å². The summed E-state index contributed by atoms with van der Waals surface area (Å²) in [5.41, 5.74) is 3.29. The van der Waals surface area contributed by atoms with Crippen LogP contribution in [0.1, 0.15) is 30.9 Å². The Morgan fingerprint density at radius 3 is 2.74 bits per heavy atom. The molecule has 1 aromatic carbocycles. The quantitative estimate of drug-likeness (QED) is 0.875. The predicted molar refractivity (Wildman–Crippen MR) is 82.0 cm³/mol. The standard InChI is InChI=1S/C15H22N2O.ClH/c1-10-4-5-14(11(2)8-10)17-15(18)13-6-7-16-12(3)9-13;/h4-5,8,12-13,16H,6-7,9H2,1-3H3,(H,17,18);1H/t12-,13-;/m0./s1. The molecular formula is C15H23ClN2O. The van der Waals surface area contributed by atoms with Crippen LogP contribution in [-0.4, -0.2) is 18.5 Å². The van der Waals surface area contributed by atoms with Crippen LogP contribution < -0.4 is 10.6 Å². The van der Waals surface area contributed by atoms with Gasteiger partial charge in [-0.25, -0.2) is 0 Å². The highest BCUT2D eigenvalue weighted by Gasteiger charge is 2.24. The van der Waals surface area contributed by atoms with E-state index < -0.39 is 0 Å². The van der Waals surface area contributed by atoms with Gasteiger partial charge in [-0.15, -0.1) is 12.4 Å². The van der Waals surface area contributed by atoms with Gasteiger partial charge < -0.3 is 10.6 Å². The molecule has 0 aliphatic carbocycles. The van der Waals surface area contributed by atoms with E-state index in [1.54, 1.807) is 0 Å². The summed E-state index contributed by atoms with van der Waals surface area (Å²) in [6.45, 7) is 7.17. The van der Waals surface area contributed by atoms with E-state index in [9.17, 15) is 4.79 Å². The van der Waals surface area contributed by atoms with Crippen molar-refractivity contribution in [3.63, 3.8) is 0 Å². The number of aryl methyl sites for hydroxylation is 2. The highest BCUT2D eigenvalue weighted by Crippen LogP contribution is 2.21. The molecule has 1 aliphatic rings. The van der Waals surface area contributed by atoms with Crippen molar-refractivity contribution in [3.8, 4) is 0 Å². The summed E-state index contributed by atoms with van der Waals surface area (Å²) < 4.78 is 0. The third-order valence-corrected chi connectivity index (χ3v) is 3.63. The average molecular weight is 283 g/mol. The first kappa shape index (κ1) is 16.0. The Bertz CT molecular complexity index is 448. The van der Waals surface area contributed by atoms with Gasteiger partial charge in [-0.3, -0.25) is 4.79 Å².